The molecular formula is C13H16O4S. The molecule has 1 aromatic carbocycles. The zero-order valence-corrected chi connectivity index (χ0v) is 11.2. The lowest BCUT2D eigenvalue weighted by molar-refractivity contribution is -0.153. The highest BCUT2D eigenvalue weighted by atomic mass is 32.2. The van der Waals surface area contributed by atoms with Gasteiger partial charge in [0.25, 0.3) is 0 Å². The van der Waals surface area contributed by atoms with E-state index in [1.807, 2.05) is 13.0 Å². The second-order valence-corrected chi connectivity index (χ2v) is 5.29. The van der Waals surface area contributed by atoms with Gasteiger partial charge in [-0.1, -0.05) is 0 Å². The number of fused-ring (bicyclic) bond motifs is 1. The van der Waals surface area contributed by atoms with Gasteiger partial charge < -0.3 is 14.9 Å². The minimum Gasteiger partial charge on any atom is -0.464 e. The molecule has 2 unspecified atom stereocenters. The molecule has 18 heavy (non-hydrogen) atoms. The maximum atomic E-state index is 11.5. The van der Waals surface area contributed by atoms with Crippen LogP contribution in [0.25, 0.3) is 0 Å². The molecule has 1 aliphatic heterocycles. The third-order valence-electron chi connectivity index (χ3n) is 2.96. The smallest absolute Gasteiger partial charge is 0.339 e. The zero-order valence-electron chi connectivity index (χ0n) is 10.3. The summed E-state index contributed by atoms with van der Waals surface area (Å²) in [6.07, 6.45) is -1.81. The van der Waals surface area contributed by atoms with E-state index in [1.54, 1.807) is 24.8 Å². The van der Waals surface area contributed by atoms with Gasteiger partial charge in [0, 0.05) is 10.6 Å². The van der Waals surface area contributed by atoms with Crippen molar-refractivity contribution in [3.63, 3.8) is 0 Å². The van der Waals surface area contributed by atoms with E-state index in [2.05, 4.69) is 0 Å². The van der Waals surface area contributed by atoms with E-state index >= 15 is 0 Å². The van der Waals surface area contributed by atoms with Crippen molar-refractivity contribution in [2.75, 3.05) is 12.4 Å². The van der Waals surface area contributed by atoms with E-state index in [0.717, 1.165) is 16.0 Å². The molecule has 2 atom stereocenters. The molecule has 0 spiro atoms. The molecule has 0 saturated carbocycles. The number of aryl methyl sites for hydroxylation is 1. The first-order valence-electron chi connectivity index (χ1n) is 5.84. The first kappa shape index (κ1) is 13.4. The summed E-state index contributed by atoms with van der Waals surface area (Å²) >= 11 is 1.58. The number of ether oxygens (including phenoxy) is 1. The second kappa shape index (κ2) is 5.30. The van der Waals surface area contributed by atoms with Crippen molar-refractivity contribution in [2.45, 2.75) is 31.0 Å². The minimum atomic E-state index is -1.28. The SMILES string of the molecule is CCOC(=O)C(O)c1cc2c(cc1C)SCC2O. The van der Waals surface area contributed by atoms with E-state index in [-0.39, 0.29) is 6.61 Å². The maximum Gasteiger partial charge on any atom is 0.339 e. The van der Waals surface area contributed by atoms with Crippen LogP contribution < -0.4 is 0 Å². The fraction of sp³-hybridized carbons (Fsp3) is 0.462. The number of hydrogen-bond donors (Lipinski definition) is 2. The maximum absolute atomic E-state index is 11.5. The highest BCUT2D eigenvalue weighted by Crippen LogP contribution is 2.40. The van der Waals surface area contributed by atoms with Crippen LogP contribution in [-0.2, 0) is 9.53 Å². The Balaban J connectivity index is 2.34. The van der Waals surface area contributed by atoms with E-state index in [0.29, 0.717) is 11.3 Å². The first-order valence-corrected chi connectivity index (χ1v) is 6.83. The fourth-order valence-electron chi connectivity index (χ4n) is 2.00. The Labute approximate surface area is 110 Å². The monoisotopic (exact) mass is 268 g/mol. The van der Waals surface area contributed by atoms with E-state index < -0.39 is 18.2 Å². The lowest BCUT2D eigenvalue weighted by Gasteiger charge is -2.15. The molecular weight excluding hydrogens is 252 g/mol. The predicted octanol–water partition coefficient (Wildman–Crippen LogP) is 1.73. The summed E-state index contributed by atoms with van der Waals surface area (Å²) in [7, 11) is 0. The van der Waals surface area contributed by atoms with Crippen molar-refractivity contribution in [3.05, 3.63) is 28.8 Å². The van der Waals surface area contributed by atoms with Crippen molar-refractivity contribution in [1.82, 2.24) is 0 Å². The Morgan fingerprint density at radius 2 is 2.33 bits per heavy atom. The van der Waals surface area contributed by atoms with Gasteiger partial charge in [-0.2, -0.15) is 0 Å². The molecule has 2 N–H and O–H groups in total. The van der Waals surface area contributed by atoms with E-state index in [4.69, 9.17) is 4.74 Å². The van der Waals surface area contributed by atoms with Gasteiger partial charge in [0.1, 0.15) is 0 Å². The molecule has 98 valence electrons. The fourth-order valence-corrected chi connectivity index (χ4v) is 3.14. The standard InChI is InChI=1S/C13H16O4S/c1-3-17-13(16)12(15)8-5-9-10(14)6-18-11(9)4-7(8)2/h4-5,10,12,14-15H,3,6H2,1-2H3. The summed E-state index contributed by atoms with van der Waals surface area (Å²) in [5.74, 6) is -0.0334. The Bertz CT molecular complexity index is 472. The number of thioether (sulfide) groups is 1. The number of carbonyl (C=O) groups excluding carboxylic acids is 1. The number of esters is 1. The zero-order chi connectivity index (χ0) is 13.3. The van der Waals surface area contributed by atoms with Crippen LogP contribution >= 0.6 is 11.8 Å². The number of carbonyl (C=O) groups is 1. The lowest BCUT2D eigenvalue weighted by atomic mass is 9.98. The van der Waals surface area contributed by atoms with E-state index in [1.165, 1.54) is 0 Å². The summed E-state index contributed by atoms with van der Waals surface area (Å²) in [6.45, 7) is 3.77. The van der Waals surface area contributed by atoms with Crippen molar-refractivity contribution in [1.29, 1.82) is 0 Å². The number of benzene rings is 1. The lowest BCUT2D eigenvalue weighted by Crippen LogP contribution is -2.16. The van der Waals surface area contributed by atoms with E-state index in [9.17, 15) is 15.0 Å². The molecule has 1 aromatic rings. The molecule has 1 heterocycles. The Morgan fingerprint density at radius 1 is 1.61 bits per heavy atom. The molecule has 0 amide bonds. The van der Waals surface area contributed by atoms with Crippen molar-refractivity contribution < 1.29 is 19.7 Å². The van der Waals surface area contributed by atoms with Crippen LogP contribution in [0.5, 0.6) is 0 Å². The molecule has 0 aromatic heterocycles. The number of rotatable bonds is 3. The molecule has 0 aliphatic carbocycles. The van der Waals surface area contributed by atoms with Gasteiger partial charge in [-0.25, -0.2) is 4.79 Å². The van der Waals surface area contributed by atoms with Gasteiger partial charge in [0.15, 0.2) is 6.10 Å². The van der Waals surface area contributed by atoms with Crippen molar-refractivity contribution >= 4 is 17.7 Å². The summed E-state index contributed by atoms with van der Waals surface area (Å²) in [5.41, 5.74) is 2.12. The number of hydrogen-bond acceptors (Lipinski definition) is 5. The highest BCUT2D eigenvalue weighted by molar-refractivity contribution is 7.99. The third-order valence-corrected chi connectivity index (χ3v) is 4.11. The van der Waals surface area contributed by atoms with Crippen LogP contribution in [0.4, 0.5) is 0 Å². The number of aliphatic hydroxyl groups excluding tert-OH is 2. The molecule has 0 fully saturated rings. The van der Waals surface area contributed by atoms with Crippen molar-refractivity contribution in [2.24, 2.45) is 0 Å². The Kier molecular flexibility index (Phi) is 3.94. The minimum absolute atomic E-state index is 0.234. The van der Waals surface area contributed by atoms with Gasteiger partial charge in [-0.05, 0) is 42.7 Å². The second-order valence-electron chi connectivity index (χ2n) is 4.23. The number of aliphatic hydroxyl groups is 2. The molecule has 0 saturated heterocycles. The molecule has 0 bridgehead atoms. The quantitative estimate of drug-likeness (QED) is 0.817. The van der Waals surface area contributed by atoms with Crippen LogP contribution in [0.1, 0.15) is 35.8 Å². The largest absolute Gasteiger partial charge is 0.464 e. The highest BCUT2D eigenvalue weighted by Gasteiger charge is 2.26. The first-order chi connectivity index (χ1) is 8.54. The van der Waals surface area contributed by atoms with Crippen molar-refractivity contribution in [3.8, 4) is 0 Å². The summed E-state index contributed by atoms with van der Waals surface area (Å²) in [5, 5.41) is 19.8. The summed E-state index contributed by atoms with van der Waals surface area (Å²) in [6, 6.07) is 3.60. The molecule has 0 radical (unpaired) electrons. The topological polar surface area (TPSA) is 66.8 Å². The Morgan fingerprint density at radius 3 is 3.00 bits per heavy atom. The van der Waals surface area contributed by atoms with Gasteiger partial charge in [0.05, 0.1) is 12.7 Å². The van der Waals surface area contributed by atoms with Gasteiger partial charge in [0.2, 0.25) is 0 Å². The molecule has 2 rings (SSSR count). The van der Waals surface area contributed by atoms with Crippen LogP contribution in [0, 0.1) is 6.92 Å². The average Bonchev–Trinajstić information content (AvgIpc) is 2.69. The molecule has 1 aliphatic rings. The Hall–Kier alpha value is -1.04. The van der Waals surface area contributed by atoms with Gasteiger partial charge in [-0.3, -0.25) is 0 Å². The molecule has 5 heteroatoms. The van der Waals surface area contributed by atoms with Gasteiger partial charge >= 0.3 is 5.97 Å². The van der Waals surface area contributed by atoms with Crippen LogP contribution in [0.2, 0.25) is 0 Å². The normalized spacial score (nSPS) is 19.4. The van der Waals surface area contributed by atoms with Crippen LogP contribution in [0.15, 0.2) is 17.0 Å². The van der Waals surface area contributed by atoms with Gasteiger partial charge in [-0.15, -0.1) is 11.8 Å². The average molecular weight is 268 g/mol. The summed E-state index contributed by atoms with van der Waals surface area (Å²) < 4.78 is 4.80. The third kappa shape index (κ3) is 2.39. The van der Waals surface area contributed by atoms with Crippen LogP contribution in [-0.4, -0.2) is 28.5 Å². The summed E-state index contributed by atoms with van der Waals surface area (Å²) in [4.78, 5) is 12.6. The molecule has 4 nitrogen and oxygen atoms in total. The van der Waals surface area contributed by atoms with Crippen LogP contribution in [0.3, 0.4) is 0 Å². The predicted molar refractivity (Wildman–Crippen MR) is 68.5 cm³/mol.